The highest BCUT2D eigenvalue weighted by atomic mass is 19.1. The van der Waals surface area contributed by atoms with Crippen molar-refractivity contribution in [3.63, 3.8) is 0 Å². The Hall–Kier alpha value is -2.93. The van der Waals surface area contributed by atoms with Gasteiger partial charge in [0, 0.05) is 5.69 Å². The molecule has 2 aromatic carbocycles. The predicted molar refractivity (Wildman–Crippen MR) is 75.1 cm³/mol. The van der Waals surface area contributed by atoms with E-state index in [0.29, 0.717) is 5.69 Å². The molecule has 3 nitrogen and oxygen atoms in total. The summed E-state index contributed by atoms with van der Waals surface area (Å²) in [7, 11) is 0. The molecular formula is C16H11FN2O. The lowest BCUT2D eigenvalue weighted by Gasteiger charge is -2.04. The van der Waals surface area contributed by atoms with Crippen molar-refractivity contribution in [3.8, 4) is 6.07 Å². The highest BCUT2D eigenvalue weighted by Gasteiger charge is 2.09. The van der Waals surface area contributed by atoms with E-state index >= 15 is 0 Å². The van der Waals surface area contributed by atoms with Gasteiger partial charge in [-0.15, -0.1) is 0 Å². The fourth-order valence-electron chi connectivity index (χ4n) is 1.63. The first kappa shape index (κ1) is 13.5. The van der Waals surface area contributed by atoms with Crippen LogP contribution in [0.1, 0.15) is 5.56 Å². The van der Waals surface area contributed by atoms with E-state index in [9.17, 15) is 9.18 Å². The number of hydrogen-bond acceptors (Lipinski definition) is 2. The van der Waals surface area contributed by atoms with Gasteiger partial charge in [0.15, 0.2) is 0 Å². The summed E-state index contributed by atoms with van der Waals surface area (Å²) >= 11 is 0. The highest BCUT2D eigenvalue weighted by molar-refractivity contribution is 6.09. The molecule has 20 heavy (non-hydrogen) atoms. The second-order valence-corrected chi connectivity index (χ2v) is 4.04. The summed E-state index contributed by atoms with van der Waals surface area (Å²) in [6.07, 6.45) is 1.48. The van der Waals surface area contributed by atoms with E-state index in [0.717, 1.165) is 5.56 Å². The molecular weight excluding hydrogens is 255 g/mol. The van der Waals surface area contributed by atoms with E-state index in [1.807, 2.05) is 24.3 Å². The second kappa shape index (κ2) is 6.30. The number of benzene rings is 2. The number of nitriles is 1. The number of carbonyl (C=O) groups excluding carboxylic acids is 1. The molecule has 0 fully saturated rings. The Balaban J connectivity index is 2.19. The second-order valence-electron chi connectivity index (χ2n) is 4.04. The van der Waals surface area contributed by atoms with Gasteiger partial charge in [-0.2, -0.15) is 5.26 Å². The van der Waals surface area contributed by atoms with Gasteiger partial charge in [0.25, 0.3) is 5.91 Å². The van der Waals surface area contributed by atoms with Crippen molar-refractivity contribution in [2.45, 2.75) is 0 Å². The predicted octanol–water partition coefficient (Wildman–Crippen LogP) is 3.37. The van der Waals surface area contributed by atoms with Crippen LogP contribution in [0, 0.1) is 17.1 Å². The van der Waals surface area contributed by atoms with Crippen LogP contribution in [-0.2, 0) is 4.79 Å². The largest absolute Gasteiger partial charge is 0.321 e. The zero-order valence-corrected chi connectivity index (χ0v) is 10.5. The van der Waals surface area contributed by atoms with Crippen LogP contribution in [0.3, 0.4) is 0 Å². The minimum absolute atomic E-state index is 0.0412. The van der Waals surface area contributed by atoms with Gasteiger partial charge in [0.2, 0.25) is 0 Å². The van der Waals surface area contributed by atoms with Crippen LogP contribution in [0.25, 0.3) is 6.08 Å². The maximum Gasteiger partial charge on any atom is 0.266 e. The Morgan fingerprint density at radius 1 is 1.15 bits per heavy atom. The third-order valence-corrected chi connectivity index (χ3v) is 2.56. The van der Waals surface area contributed by atoms with E-state index < -0.39 is 11.7 Å². The van der Waals surface area contributed by atoms with Crippen molar-refractivity contribution < 1.29 is 9.18 Å². The molecule has 1 N–H and O–H groups in total. The van der Waals surface area contributed by atoms with Gasteiger partial charge in [-0.25, -0.2) is 4.39 Å². The summed E-state index contributed by atoms with van der Waals surface area (Å²) in [5.74, 6) is -1.02. The fraction of sp³-hybridized carbons (Fsp3) is 0. The molecule has 0 saturated carbocycles. The van der Waals surface area contributed by atoms with Crippen molar-refractivity contribution in [1.29, 1.82) is 5.26 Å². The van der Waals surface area contributed by atoms with Crippen molar-refractivity contribution in [2.24, 2.45) is 0 Å². The van der Waals surface area contributed by atoms with Crippen LogP contribution in [0.5, 0.6) is 0 Å². The zero-order chi connectivity index (χ0) is 14.4. The van der Waals surface area contributed by atoms with Crippen LogP contribution >= 0.6 is 0 Å². The van der Waals surface area contributed by atoms with Crippen LogP contribution < -0.4 is 5.32 Å². The first-order valence-electron chi connectivity index (χ1n) is 5.93. The van der Waals surface area contributed by atoms with E-state index in [4.69, 9.17) is 5.26 Å². The van der Waals surface area contributed by atoms with E-state index in [1.165, 1.54) is 24.3 Å². The number of hydrogen-bond donors (Lipinski definition) is 1. The quantitative estimate of drug-likeness (QED) is 0.684. The molecule has 0 aliphatic heterocycles. The molecule has 2 rings (SSSR count). The van der Waals surface area contributed by atoms with E-state index in [1.54, 1.807) is 18.2 Å². The number of nitrogens with one attached hydrogen (secondary N) is 1. The Labute approximate surface area is 116 Å². The molecule has 0 saturated heterocycles. The number of carbonyl (C=O) groups is 1. The average Bonchev–Trinajstić information content (AvgIpc) is 2.45. The Morgan fingerprint density at radius 2 is 1.90 bits per heavy atom. The first-order valence-corrected chi connectivity index (χ1v) is 5.93. The van der Waals surface area contributed by atoms with Crippen molar-refractivity contribution >= 4 is 17.7 Å². The number of halogens is 1. The van der Waals surface area contributed by atoms with E-state index in [-0.39, 0.29) is 5.57 Å². The van der Waals surface area contributed by atoms with Crippen LogP contribution in [-0.4, -0.2) is 5.91 Å². The summed E-state index contributed by atoms with van der Waals surface area (Å²) in [5, 5.41) is 11.5. The van der Waals surface area contributed by atoms with Gasteiger partial charge >= 0.3 is 0 Å². The summed E-state index contributed by atoms with van der Waals surface area (Å²) < 4.78 is 13.0. The molecule has 0 aliphatic carbocycles. The molecule has 0 heterocycles. The fourth-order valence-corrected chi connectivity index (χ4v) is 1.63. The molecule has 0 spiro atoms. The van der Waals surface area contributed by atoms with Crippen molar-refractivity contribution in [1.82, 2.24) is 0 Å². The number of amides is 1. The molecule has 0 aliphatic rings. The van der Waals surface area contributed by atoms with Crippen LogP contribution in [0.2, 0.25) is 0 Å². The normalized spacial score (nSPS) is 10.7. The Kier molecular flexibility index (Phi) is 4.25. The molecule has 98 valence electrons. The van der Waals surface area contributed by atoms with Crippen LogP contribution in [0.4, 0.5) is 10.1 Å². The Morgan fingerprint density at radius 3 is 2.55 bits per heavy atom. The number of nitrogens with zero attached hydrogens (tertiary/aromatic N) is 1. The summed E-state index contributed by atoms with van der Waals surface area (Å²) in [6.45, 7) is 0. The maximum absolute atomic E-state index is 13.0. The van der Waals surface area contributed by atoms with Gasteiger partial charge in [-0.3, -0.25) is 4.79 Å². The van der Waals surface area contributed by atoms with Crippen LogP contribution in [0.15, 0.2) is 60.2 Å². The molecule has 0 unspecified atom stereocenters. The topological polar surface area (TPSA) is 52.9 Å². The Bertz CT molecular complexity index is 687. The zero-order valence-electron chi connectivity index (χ0n) is 10.5. The highest BCUT2D eigenvalue weighted by Crippen LogP contribution is 2.12. The lowest BCUT2D eigenvalue weighted by atomic mass is 10.1. The first-order chi connectivity index (χ1) is 9.69. The third-order valence-electron chi connectivity index (χ3n) is 2.56. The van der Waals surface area contributed by atoms with Gasteiger partial charge < -0.3 is 5.32 Å². The monoisotopic (exact) mass is 266 g/mol. The molecule has 0 atom stereocenters. The number of rotatable bonds is 3. The smallest absolute Gasteiger partial charge is 0.266 e. The lowest BCUT2D eigenvalue weighted by molar-refractivity contribution is -0.112. The molecule has 0 aromatic heterocycles. The van der Waals surface area contributed by atoms with E-state index in [2.05, 4.69) is 5.32 Å². The third kappa shape index (κ3) is 3.53. The molecule has 2 aromatic rings. The minimum Gasteiger partial charge on any atom is -0.321 e. The average molecular weight is 266 g/mol. The molecule has 1 amide bonds. The summed E-state index contributed by atoms with van der Waals surface area (Å²) in [5.41, 5.74) is 1.02. The molecule has 0 radical (unpaired) electrons. The van der Waals surface area contributed by atoms with Gasteiger partial charge in [0.05, 0.1) is 0 Å². The molecule has 4 heteroatoms. The van der Waals surface area contributed by atoms with Gasteiger partial charge in [-0.05, 0) is 29.8 Å². The van der Waals surface area contributed by atoms with Gasteiger partial charge in [0.1, 0.15) is 17.5 Å². The SMILES string of the molecule is N#C/C(=C\c1ccccc1)C(=O)Nc1cccc(F)c1. The van der Waals surface area contributed by atoms with Gasteiger partial charge in [-0.1, -0.05) is 36.4 Å². The maximum atomic E-state index is 13.0. The van der Waals surface area contributed by atoms with Crippen molar-refractivity contribution in [3.05, 3.63) is 71.6 Å². The number of anilines is 1. The summed E-state index contributed by atoms with van der Waals surface area (Å²) in [4.78, 5) is 11.9. The minimum atomic E-state index is -0.568. The lowest BCUT2D eigenvalue weighted by Crippen LogP contribution is -2.13. The standard InChI is InChI=1S/C16H11FN2O/c17-14-7-4-8-15(10-14)19-16(20)13(11-18)9-12-5-2-1-3-6-12/h1-10H,(H,19,20)/b13-9+. The van der Waals surface area contributed by atoms with Crippen molar-refractivity contribution in [2.75, 3.05) is 5.32 Å². The molecule has 0 bridgehead atoms. The summed E-state index contributed by atoms with van der Waals surface area (Å²) in [6, 6.07) is 16.4.